The first-order valence-electron chi connectivity index (χ1n) is 10.3. The largest absolute Gasteiger partial charge is 0.465 e. The summed E-state index contributed by atoms with van der Waals surface area (Å²) >= 11 is 0. The average Bonchev–Trinajstić information content (AvgIpc) is 3.51. The minimum absolute atomic E-state index is 0.133. The third kappa shape index (κ3) is 3.38. The van der Waals surface area contributed by atoms with Crippen LogP contribution < -0.4 is 9.64 Å². The van der Waals surface area contributed by atoms with Crippen LogP contribution in [0.5, 0.6) is 11.6 Å². The highest BCUT2D eigenvalue weighted by atomic mass is 16.5. The van der Waals surface area contributed by atoms with Gasteiger partial charge in [-0.2, -0.15) is 10.4 Å². The molecule has 1 aliphatic carbocycles. The highest BCUT2D eigenvalue weighted by Crippen LogP contribution is 2.45. The molecule has 3 heterocycles. The molecule has 8 heteroatoms. The number of nitrogens with zero attached hydrogens (tertiary/aromatic N) is 5. The van der Waals surface area contributed by atoms with Crippen molar-refractivity contribution in [3.63, 3.8) is 0 Å². The number of pyridine rings is 1. The zero-order valence-electron chi connectivity index (χ0n) is 17.0. The molecule has 1 fully saturated rings. The number of carbonyl (C=O) groups is 1. The molecule has 2 aliphatic rings. The summed E-state index contributed by atoms with van der Waals surface area (Å²) in [7, 11) is 0. The van der Waals surface area contributed by atoms with Crippen molar-refractivity contribution in [2.24, 2.45) is 0 Å². The minimum Gasteiger partial charge on any atom is -0.465 e. The summed E-state index contributed by atoms with van der Waals surface area (Å²) < 4.78 is 8.21. The summed E-state index contributed by atoms with van der Waals surface area (Å²) in [6, 6.07) is 9.45. The molecule has 1 aromatic carbocycles. The van der Waals surface area contributed by atoms with Gasteiger partial charge in [-0.1, -0.05) is 0 Å². The molecule has 1 atom stereocenters. The predicted molar refractivity (Wildman–Crippen MR) is 113 cm³/mol. The highest BCUT2D eigenvalue weighted by Gasteiger charge is 2.32. The number of ether oxygens (including phenoxy) is 1. The molecule has 0 bridgehead atoms. The van der Waals surface area contributed by atoms with E-state index in [1.165, 1.54) is 4.90 Å². The van der Waals surface area contributed by atoms with Gasteiger partial charge < -0.3 is 9.84 Å². The molecule has 3 aromatic rings. The zero-order chi connectivity index (χ0) is 21.5. The number of carboxylic acid groups (broad SMARTS) is 1. The Labute approximate surface area is 179 Å². The van der Waals surface area contributed by atoms with E-state index in [0.717, 1.165) is 29.5 Å². The molecule has 1 aliphatic heterocycles. The summed E-state index contributed by atoms with van der Waals surface area (Å²) in [6.07, 6.45) is 7.96. The Morgan fingerprint density at radius 2 is 2.13 bits per heavy atom. The lowest BCUT2D eigenvalue weighted by Crippen LogP contribution is -2.41. The molecule has 1 saturated carbocycles. The molecule has 0 radical (unpaired) electrons. The van der Waals surface area contributed by atoms with Crippen molar-refractivity contribution < 1.29 is 14.6 Å². The number of benzene rings is 1. The van der Waals surface area contributed by atoms with Crippen LogP contribution in [0.1, 0.15) is 43.4 Å². The summed E-state index contributed by atoms with van der Waals surface area (Å²) in [5.41, 5.74) is 3.42. The molecule has 5 rings (SSSR count). The number of hydrogen-bond donors (Lipinski definition) is 1. The van der Waals surface area contributed by atoms with Crippen molar-refractivity contribution in [2.75, 3.05) is 4.90 Å². The Bertz CT molecular complexity index is 1210. The quantitative estimate of drug-likeness (QED) is 0.659. The lowest BCUT2D eigenvalue weighted by Gasteiger charge is -2.34. The van der Waals surface area contributed by atoms with E-state index in [-0.39, 0.29) is 11.9 Å². The van der Waals surface area contributed by atoms with Crippen molar-refractivity contribution in [3.8, 4) is 28.8 Å². The predicted octanol–water partition coefficient (Wildman–Crippen LogP) is 4.76. The Balaban J connectivity index is 1.67. The van der Waals surface area contributed by atoms with E-state index in [0.29, 0.717) is 35.9 Å². The van der Waals surface area contributed by atoms with Gasteiger partial charge in [0.15, 0.2) is 0 Å². The molecule has 156 valence electrons. The van der Waals surface area contributed by atoms with Gasteiger partial charge in [-0.3, -0.25) is 9.58 Å². The van der Waals surface area contributed by atoms with E-state index in [9.17, 15) is 15.2 Å². The van der Waals surface area contributed by atoms with Gasteiger partial charge in [0.05, 0.1) is 17.9 Å². The Kier molecular flexibility index (Phi) is 4.59. The zero-order valence-corrected chi connectivity index (χ0v) is 17.0. The average molecular weight is 415 g/mol. The van der Waals surface area contributed by atoms with Crippen LogP contribution >= 0.6 is 0 Å². The van der Waals surface area contributed by atoms with Crippen LogP contribution in [0.15, 0.2) is 42.9 Å². The standard InChI is InChI=1S/C23H21N5O3/c1-14-4-7-19-20(28(14)23(29)30)9-8-18(16-12-26-27(13-16)17-5-6-17)21(19)31-22-15(11-24)3-2-10-25-22/h2-3,8-10,12-14,17H,4-7H2,1H3,(H,29,30)/t14-/m0/s1. The maximum absolute atomic E-state index is 12.0. The Hall–Kier alpha value is -3.86. The van der Waals surface area contributed by atoms with Crippen LogP contribution in [0.2, 0.25) is 0 Å². The Morgan fingerprint density at radius 3 is 2.87 bits per heavy atom. The van der Waals surface area contributed by atoms with Gasteiger partial charge in [-0.15, -0.1) is 0 Å². The monoisotopic (exact) mass is 415 g/mol. The number of anilines is 1. The van der Waals surface area contributed by atoms with Crippen LogP contribution in [0.3, 0.4) is 0 Å². The second-order valence-electron chi connectivity index (χ2n) is 7.99. The van der Waals surface area contributed by atoms with Crippen molar-refractivity contribution >= 4 is 11.8 Å². The van der Waals surface area contributed by atoms with E-state index in [4.69, 9.17) is 4.74 Å². The van der Waals surface area contributed by atoms with Crippen molar-refractivity contribution in [2.45, 2.75) is 44.7 Å². The van der Waals surface area contributed by atoms with Crippen LogP contribution in [-0.4, -0.2) is 32.0 Å². The molecule has 1 amide bonds. The fraction of sp³-hybridized carbons (Fsp3) is 0.304. The van der Waals surface area contributed by atoms with Crippen LogP contribution in [0, 0.1) is 11.3 Å². The maximum atomic E-state index is 12.0. The van der Waals surface area contributed by atoms with Gasteiger partial charge in [0, 0.05) is 35.1 Å². The third-order valence-electron chi connectivity index (χ3n) is 5.88. The fourth-order valence-corrected chi connectivity index (χ4v) is 4.11. The molecular formula is C23H21N5O3. The molecule has 2 aromatic heterocycles. The molecule has 31 heavy (non-hydrogen) atoms. The maximum Gasteiger partial charge on any atom is 0.412 e. The third-order valence-corrected chi connectivity index (χ3v) is 5.88. The van der Waals surface area contributed by atoms with Gasteiger partial charge in [0.2, 0.25) is 5.88 Å². The van der Waals surface area contributed by atoms with Crippen LogP contribution in [0.25, 0.3) is 11.1 Å². The van der Waals surface area contributed by atoms with Gasteiger partial charge in [0.25, 0.3) is 0 Å². The van der Waals surface area contributed by atoms with E-state index >= 15 is 0 Å². The lowest BCUT2D eigenvalue weighted by atomic mass is 9.92. The second kappa shape index (κ2) is 7.43. The fourth-order valence-electron chi connectivity index (χ4n) is 4.11. The number of rotatable bonds is 4. The summed E-state index contributed by atoms with van der Waals surface area (Å²) in [5, 5.41) is 23.8. The molecule has 0 saturated heterocycles. The van der Waals surface area contributed by atoms with Crippen molar-refractivity contribution in [1.82, 2.24) is 14.8 Å². The molecule has 1 N–H and O–H groups in total. The van der Waals surface area contributed by atoms with E-state index < -0.39 is 6.09 Å². The number of hydrogen-bond acceptors (Lipinski definition) is 5. The van der Waals surface area contributed by atoms with Crippen LogP contribution in [0.4, 0.5) is 10.5 Å². The first-order valence-corrected chi connectivity index (χ1v) is 10.3. The van der Waals surface area contributed by atoms with Gasteiger partial charge in [-0.25, -0.2) is 9.78 Å². The van der Waals surface area contributed by atoms with Crippen LogP contribution in [-0.2, 0) is 6.42 Å². The van der Waals surface area contributed by atoms with Crippen molar-refractivity contribution in [3.05, 3.63) is 54.0 Å². The molecular weight excluding hydrogens is 394 g/mol. The first kappa shape index (κ1) is 19.1. The number of fused-ring (bicyclic) bond motifs is 1. The van der Waals surface area contributed by atoms with Crippen molar-refractivity contribution in [1.29, 1.82) is 5.26 Å². The number of aromatic nitrogens is 3. The molecule has 0 spiro atoms. The first-order chi connectivity index (χ1) is 15.1. The summed E-state index contributed by atoms with van der Waals surface area (Å²) in [5.74, 6) is 0.732. The van der Waals surface area contributed by atoms with Gasteiger partial charge >= 0.3 is 6.09 Å². The van der Waals surface area contributed by atoms with E-state index in [2.05, 4.69) is 16.2 Å². The van der Waals surface area contributed by atoms with Gasteiger partial charge in [0.1, 0.15) is 17.4 Å². The van der Waals surface area contributed by atoms with Gasteiger partial charge in [-0.05, 0) is 56.9 Å². The lowest BCUT2D eigenvalue weighted by molar-refractivity contribution is 0.198. The van der Waals surface area contributed by atoms with E-state index in [1.807, 2.05) is 29.9 Å². The number of nitriles is 1. The minimum atomic E-state index is -0.996. The smallest absolute Gasteiger partial charge is 0.412 e. The molecule has 0 unspecified atom stereocenters. The summed E-state index contributed by atoms with van der Waals surface area (Å²) in [4.78, 5) is 17.6. The highest BCUT2D eigenvalue weighted by molar-refractivity contribution is 5.91. The van der Waals surface area contributed by atoms with E-state index in [1.54, 1.807) is 24.5 Å². The number of amides is 1. The Morgan fingerprint density at radius 1 is 1.29 bits per heavy atom. The topological polar surface area (TPSA) is 104 Å². The second-order valence-corrected chi connectivity index (χ2v) is 7.99. The summed E-state index contributed by atoms with van der Waals surface area (Å²) in [6.45, 7) is 1.90. The normalized spacial score (nSPS) is 17.7. The molecule has 8 nitrogen and oxygen atoms in total. The SMILES string of the molecule is C[C@H]1CCc2c(ccc(-c3cnn(C4CC4)c3)c2Oc2ncccc2C#N)N1C(=O)O.